The zero-order chi connectivity index (χ0) is 12.5. The minimum atomic E-state index is -0.769. The van der Waals surface area contributed by atoms with E-state index < -0.39 is 10.8 Å². The van der Waals surface area contributed by atoms with Crippen molar-refractivity contribution in [1.29, 1.82) is 0 Å². The molecule has 0 amide bonds. The summed E-state index contributed by atoms with van der Waals surface area (Å²) < 4.78 is 17.3. The van der Waals surface area contributed by atoms with Crippen LogP contribution in [0.3, 0.4) is 0 Å². The lowest BCUT2D eigenvalue weighted by Crippen LogP contribution is -2.52. The Hall–Kier alpha value is -0.870. The van der Waals surface area contributed by atoms with Gasteiger partial charge < -0.3 is 10.1 Å². The van der Waals surface area contributed by atoms with Gasteiger partial charge in [-0.05, 0) is 19.9 Å². The Morgan fingerprint density at radius 2 is 2.12 bits per heavy atom. The third-order valence-corrected chi connectivity index (χ3v) is 4.70. The van der Waals surface area contributed by atoms with E-state index in [9.17, 15) is 4.21 Å². The summed E-state index contributed by atoms with van der Waals surface area (Å²) in [5.41, 5.74) is 1.00. The highest BCUT2D eigenvalue weighted by Gasteiger charge is 2.33. The molecule has 0 aliphatic carbocycles. The van der Waals surface area contributed by atoms with Crippen LogP contribution in [0.4, 0.5) is 0 Å². The van der Waals surface area contributed by atoms with E-state index in [1.165, 1.54) is 0 Å². The van der Waals surface area contributed by atoms with Gasteiger partial charge in [0.25, 0.3) is 0 Å². The van der Waals surface area contributed by atoms with Crippen LogP contribution in [0, 0.1) is 0 Å². The summed E-state index contributed by atoms with van der Waals surface area (Å²) in [6.45, 7) is 4.18. The summed E-state index contributed by atoms with van der Waals surface area (Å²) in [6, 6.07) is 8.03. The summed E-state index contributed by atoms with van der Waals surface area (Å²) in [7, 11) is 0.902. The van der Waals surface area contributed by atoms with Crippen LogP contribution in [0.5, 0.6) is 5.75 Å². The maximum atomic E-state index is 11.9. The van der Waals surface area contributed by atoms with Crippen LogP contribution >= 0.6 is 0 Å². The summed E-state index contributed by atoms with van der Waals surface area (Å²) >= 11 is 0. The van der Waals surface area contributed by atoms with Crippen molar-refractivity contribution in [2.75, 3.05) is 18.6 Å². The van der Waals surface area contributed by atoms with Crippen LogP contribution in [0.1, 0.15) is 25.5 Å². The van der Waals surface area contributed by atoms with Gasteiger partial charge >= 0.3 is 0 Å². The van der Waals surface area contributed by atoms with Crippen LogP contribution in [0.2, 0.25) is 0 Å². The summed E-state index contributed by atoms with van der Waals surface area (Å²) in [5, 5.41) is 3.54. The standard InChI is InChI=1S/C13H19NO2S/c1-13(2)9-17(15)8-11(14-13)10-6-4-5-7-12(10)16-3/h4-7,11,14H,8-9H2,1-3H3. The third kappa shape index (κ3) is 2.87. The molecule has 2 unspecified atom stereocenters. The predicted octanol–water partition coefficient (Wildman–Crippen LogP) is 1.87. The first-order chi connectivity index (χ1) is 8.02. The topological polar surface area (TPSA) is 38.3 Å². The van der Waals surface area contributed by atoms with Gasteiger partial charge in [-0.1, -0.05) is 18.2 Å². The van der Waals surface area contributed by atoms with Gasteiger partial charge in [-0.3, -0.25) is 4.21 Å². The van der Waals surface area contributed by atoms with Crippen LogP contribution in [0.25, 0.3) is 0 Å². The number of para-hydroxylation sites is 1. The van der Waals surface area contributed by atoms with Gasteiger partial charge in [0.05, 0.1) is 7.11 Å². The Labute approximate surface area is 105 Å². The quantitative estimate of drug-likeness (QED) is 0.874. The number of hydrogen-bond donors (Lipinski definition) is 1. The predicted molar refractivity (Wildman–Crippen MR) is 70.8 cm³/mol. The molecule has 3 nitrogen and oxygen atoms in total. The van der Waals surface area contributed by atoms with E-state index in [1.807, 2.05) is 24.3 Å². The molecule has 2 atom stereocenters. The normalized spacial score (nSPS) is 27.7. The highest BCUT2D eigenvalue weighted by molar-refractivity contribution is 7.85. The van der Waals surface area contributed by atoms with Gasteiger partial charge in [0, 0.05) is 39.4 Å². The first-order valence-corrected chi connectivity index (χ1v) is 7.26. The lowest BCUT2D eigenvalue weighted by Gasteiger charge is -2.37. The average molecular weight is 253 g/mol. The van der Waals surface area contributed by atoms with Crippen molar-refractivity contribution in [3.63, 3.8) is 0 Å². The maximum absolute atomic E-state index is 11.9. The molecule has 1 saturated heterocycles. The Bertz CT molecular complexity index is 431. The maximum Gasteiger partial charge on any atom is 0.123 e. The Morgan fingerprint density at radius 1 is 1.41 bits per heavy atom. The van der Waals surface area contributed by atoms with E-state index in [0.717, 1.165) is 11.3 Å². The molecule has 1 fully saturated rings. The molecule has 2 rings (SSSR count). The van der Waals surface area contributed by atoms with Crippen molar-refractivity contribution in [2.45, 2.75) is 25.4 Å². The van der Waals surface area contributed by atoms with Crippen LogP contribution in [-0.4, -0.2) is 28.4 Å². The molecular weight excluding hydrogens is 234 g/mol. The lowest BCUT2D eigenvalue weighted by atomic mass is 10.0. The molecule has 1 aliphatic rings. The van der Waals surface area contributed by atoms with Crippen LogP contribution in [0.15, 0.2) is 24.3 Å². The third-order valence-electron chi connectivity index (χ3n) is 2.95. The molecule has 0 spiro atoms. The zero-order valence-corrected chi connectivity index (χ0v) is 11.3. The molecular formula is C13H19NO2S. The number of rotatable bonds is 2. The fourth-order valence-corrected chi connectivity index (χ4v) is 3.96. The molecule has 0 aromatic heterocycles. The van der Waals surface area contributed by atoms with Crippen molar-refractivity contribution in [2.24, 2.45) is 0 Å². The van der Waals surface area contributed by atoms with E-state index in [1.54, 1.807) is 7.11 Å². The van der Waals surface area contributed by atoms with E-state index in [-0.39, 0.29) is 11.6 Å². The van der Waals surface area contributed by atoms with Crippen molar-refractivity contribution in [3.05, 3.63) is 29.8 Å². The molecule has 4 heteroatoms. The largest absolute Gasteiger partial charge is 0.496 e. The zero-order valence-electron chi connectivity index (χ0n) is 10.5. The summed E-state index contributed by atoms with van der Waals surface area (Å²) in [6.07, 6.45) is 0. The van der Waals surface area contributed by atoms with Crippen LogP contribution in [-0.2, 0) is 10.8 Å². The molecule has 1 N–H and O–H groups in total. The highest BCUT2D eigenvalue weighted by Crippen LogP contribution is 2.30. The fraction of sp³-hybridized carbons (Fsp3) is 0.538. The number of ether oxygens (including phenoxy) is 1. The first kappa shape index (κ1) is 12.6. The van der Waals surface area contributed by atoms with E-state index >= 15 is 0 Å². The van der Waals surface area contributed by atoms with Gasteiger partial charge in [-0.25, -0.2) is 0 Å². The fourth-order valence-electron chi connectivity index (χ4n) is 2.32. The van der Waals surface area contributed by atoms with Crippen molar-refractivity contribution >= 4 is 10.8 Å². The smallest absolute Gasteiger partial charge is 0.123 e. The highest BCUT2D eigenvalue weighted by atomic mass is 32.2. The second kappa shape index (κ2) is 4.78. The SMILES string of the molecule is COc1ccccc1C1CS(=O)CC(C)(C)N1. The van der Waals surface area contributed by atoms with Gasteiger partial charge in [0.15, 0.2) is 0 Å². The Kier molecular flexibility index (Phi) is 3.54. The monoisotopic (exact) mass is 253 g/mol. The number of methoxy groups -OCH3 is 1. The molecule has 0 saturated carbocycles. The van der Waals surface area contributed by atoms with Crippen molar-refractivity contribution in [1.82, 2.24) is 5.32 Å². The molecule has 94 valence electrons. The van der Waals surface area contributed by atoms with Gasteiger partial charge in [0.1, 0.15) is 5.75 Å². The van der Waals surface area contributed by atoms with Gasteiger partial charge in [-0.15, -0.1) is 0 Å². The number of nitrogens with one attached hydrogen (secondary N) is 1. The van der Waals surface area contributed by atoms with E-state index in [0.29, 0.717) is 11.5 Å². The number of hydrogen-bond acceptors (Lipinski definition) is 3. The second-order valence-electron chi connectivity index (χ2n) is 5.07. The molecule has 1 aromatic carbocycles. The van der Waals surface area contributed by atoms with Crippen LogP contribution < -0.4 is 10.1 Å². The molecule has 1 aromatic rings. The van der Waals surface area contributed by atoms with E-state index in [2.05, 4.69) is 19.2 Å². The first-order valence-electron chi connectivity index (χ1n) is 5.77. The minimum absolute atomic E-state index is 0.0887. The summed E-state index contributed by atoms with van der Waals surface area (Å²) in [5.74, 6) is 2.22. The number of benzene rings is 1. The summed E-state index contributed by atoms with van der Waals surface area (Å²) in [4.78, 5) is 0. The molecule has 17 heavy (non-hydrogen) atoms. The average Bonchev–Trinajstić information content (AvgIpc) is 2.26. The molecule has 0 bridgehead atoms. The minimum Gasteiger partial charge on any atom is -0.496 e. The second-order valence-corrected chi connectivity index (χ2v) is 6.58. The van der Waals surface area contributed by atoms with Gasteiger partial charge in [0.2, 0.25) is 0 Å². The molecule has 1 heterocycles. The lowest BCUT2D eigenvalue weighted by molar-refractivity contribution is 0.353. The van der Waals surface area contributed by atoms with Crippen molar-refractivity contribution < 1.29 is 8.95 Å². The Balaban J connectivity index is 2.30. The van der Waals surface area contributed by atoms with Crippen molar-refractivity contribution in [3.8, 4) is 5.75 Å². The molecule has 1 aliphatic heterocycles. The molecule has 0 radical (unpaired) electrons. The Morgan fingerprint density at radius 3 is 2.76 bits per heavy atom. The van der Waals surface area contributed by atoms with E-state index in [4.69, 9.17) is 4.74 Å². The van der Waals surface area contributed by atoms with Gasteiger partial charge in [-0.2, -0.15) is 0 Å².